The maximum Gasteiger partial charge on any atom is 0.264 e. The molecule has 3 rings (SSSR count). The third-order valence-corrected chi connectivity index (χ3v) is 6.12. The number of hydrogen-bond acceptors (Lipinski definition) is 4. The van der Waals surface area contributed by atoms with Crippen molar-refractivity contribution >= 4 is 38.9 Å². The molecule has 0 aliphatic carbocycles. The molecule has 0 spiro atoms. The van der Waals surface area contributed by atoms with Crippen molar-refractivity contribution in [1.82, 2.24) is 0 Å². The van der Waals surface area contributed by atoms with Gasteiger partial charge in [-0.3, -0.25) is 9.10 Å². The number of ether oxygens (including phenoxy) is 1. The first-order chi connectivity index (χ1) is 13.9. The first-order valence-corrected chi connectivity index (χ1v) is 10.5. The fourth-order valence-electron chi connectivity index (χ4n) is 2.73. The topological polar surface area (TPSA) is 75.7 Å². The third kappa shape index (κ3) is 4.88. The monoisotopic (exact) mass is 430 g/mol. The number of nitrogens with zero attached hydrogens (tertiary/aromatic N) is 1. The Kier molecular flexibility index (Phi) is 6.41. The molecule has 3 aromatic carbocycles. The largest absolute Gasteiger partial charge is 0.495 e. The SMILES string of the molecule is COc1ccccc1NC(=O)CN(c1cccc(Cl)c1)S(=O)(=O)c1ccccc1. The maximum atomic E-state index is 13.2. The lowest BCUT2D eigenvalue weighted by atomic mass is 10.3. The van der Waals surface area contributed by atoms with Crippen molar-refractivity contribution in [2.75, 3.05) is 23.3 Å². The Balaban J connectivity index is 1.95. The molecule has 0 bridgehead atoms. The predicted octanol–water partition coefficient (Wildman–Crippen LogP) is 4.18. The summed E-state index contributed by atoms with van der Waals surface area (Å²) in [7, 11) is -2.50. The third-order valence-electron chi connectivity index (χ3n) is 4.10. The van der Waals surface area contributed by atoms with Crippen LogP contribution in [0.25, 0.3) is 0 Å². The van der Waals surface area contributed by atoms with Crippen LogP contribution in [0, 0.1) is 0 Å². The van der Waals surface area contributed by atoms with Gasteiger partial charge in [0.05, 0.1) is 23.4 Å². The summed E-state index contributed by atoms with van der Waals surface area (Å²) in [6.07, 6.45) is 0. The number of para-hydroxylation sites is 2. The summed E-state index contributed by atoms with van der Waals surface area (Å²) in [4.78, 5) is 12.8. The Morgan fingerprint density at radius 1 is 1.00 bits per heavy atom. The Bertz CT molecular complexity index is 1100. The lowest BCUT2D eigenvalue weighted by Gasteiger charge is -2.24. The van der Waals surface area contributed by atoms with Crippen LogP contribution < -0.4 is 14.4 Å². The van der Waals surface area contributed by atoms with E-state index < -0.39 is 22.5 Å². The molecule has 0 radical (unpaired) electrons. The molecule has 6 nitrogen and oxygen atoms in total. The highest BCUT2D eigenvalue weighted by atomic mass is 35.5. The van der Waals surface area contributed by atoms with E-state index in [1.165, 1.54) is 25.3 Å². The van der Waals surface area contributed by atoms with E-state index in [9.17, 15) is 13.2 Å². The summed E-state index contributed by atoms with van der Waals surface area (Å²) < 4.78 is 32.7. The molecule has 0 fully saturated rings. The number of halogens is 1. The standard InChI is InChI=1S/C21H19ClN2O4S/c1-28-20-13-6-5-12-19(20)23-21(25)15-24(17-9-7-8-16(22)14-17)29(26,27)18-10-3-2-4-11-18/h2-14H,15H2,1H3,(H,23,25). The molecule has 0 aliphatic heterocycles. The second-order valence-corrected chi connectivity index (χ2v) is 8.35. The molecule has 29 heavy (non-hydrogen) atoms. The van der Waals surface area contributed by atoms with Crippen LogP contribution >= 0.6 is 11.6 Å². The van der Waals surface area contributed by atoms with Gasteiger partial charge in [-0.05, 0) is 42.5 Å². The van der Waals surface area contributed by atoms with E-state index in [4.69, 9.17) is 16.3 Å². The first kappa shape index (κ1) is 20.7. The summed E-state index contributed by atoms with van der Waals surface area (Å²) in [5, 5.41) is 3.06. The van der Waals surface area contributed by atoms with Crippen LogP contribution in [0.5, 0.6) is 5.75 Å². The molecule has 0 aliphatic rings. The van der Waals surface area contributed by atoms with Crippen LogP contribution in [0.2, 0.25) is 5.02 Å². The molecular formula is C21H19ClN2O4S. The van der Waals surface area contributed by atoms with Crippen LogP contribution in [-0.2, 0) is 14.8 Å². The fourth-order valence-corrected chi connectivity index (χ4v) is 4.35. The fraction of sp³-hybridized carbons (Fsp3) is 0.0952. The number of anilines is 2. The number of benzene rings is 3. The number of methoxy groups -OCH3 is 1. The average Bonchev–Trinajstić information content (AvgIpc) is 2.73. The van der Waals surface area contributed by atoms with Crippen LogP contribution in [0.1, 0.15) is 0 Å². The van der Waals surface area contributed by atoms with Crippen molar-refractivity contribution in [3.63, 3.8) is 0 Å². The highest BCUT2D eigenvalue weighted by Gasteiger charge is 2.27. The molecule has 150 valence electrons. The van der Waals surface area contributed by atoms with E-state index in [0.29, 0.717) is 16.5 Å². The van der Waals surface area contributed by atoms with Crippen LogP contribution in [0.15, 0.2) is 83.8 Å². The lowest BCUT2D eigenvalue weighted by molar-refractivity contribution is -0.114. The van der Waals surface area contributed by atoms with Crippen LogP contribution in [0.3, 0.4) is 0 Å². The Hall–Kier alpha value is -3.03. The lowest BCUT2D eigenvalue weighted by Crippen LogP contribution is -2.38. The van der Waals surface area contributed by atoms with Crippen molar-refractivity contribution in [1.29, 1.82) is 0 Å². The molecule has 0 aromatic heterocycles. The Morgan fingerprint density at radius 2 is 1.69 bits per heavy atom. The maximum absolute atomic E-state index is 13.2. The van der Waals surface area contributed by atoms with Gasteiger partial charge in [-0.2, -0.15) is 0 Å². The van der Waals surface area contributed by atoms with Gasteiger partial charge in [-0.15, -0.1) is 0 Å². The first-order valence-electron chi connectivity index (χ1n) is 8.68. The molecular weight excluding hydrogens is 412 g/mol. The van der Waals surface area contributed by atoms with Crippen LogP contribution in [-0.4, -0.2) is 28.0 Å². The molecule has 0 heterocycles. The quantitative estimate of drug-likeness (QED) is 0.610. The highest BCUT2D eigenvalue weighted by molar-refractivity contribution is 7.92. The van der Waals surface area contributed by atoms with Crippen molar-refractivity contribution in [3.8, 4) is 5.75 Å². The van der Waals surface area contributed by atoms with Gasteiger partial charge in [-0.1, -0.05) is 48.0 Å². The van der Waals surface area contributed by atoms with Crippen molar-refractivity contribution in [3.05, 3.63) is 83.9 Å². The normalized spacial score (nSPS) is 11.0. The van der Waals surface area contributed by atoms with Gasteiger partial charge >= 0.3 is 0 Å². The minimum atomic E-state index is -3.99. The van der Waals surface area contributed by atoms with Gasteiger partial charge in [0.15, 0.2) is 0 Å². The predicted molar refractivity (Wildman–Crippen MR) is 114 cm³/mol. The summed E-state index contributed by atoms with van der Waals surface area (Å²) in [5.41, 5.74) is 0.736. The molecule has 3 aromatic rings. The molecule has 8 heteroatoms. The number of hydrogen-bond donors (Lipinski definition) is 1. The average molecular weight is 431 g/mol. The van der Waals surface area contributed by atoms with Crippen molar-refractivity contribution < 1.29 is 17.9 Å². The van der Waals surface area contributed by atoms with Gasteiger partial charge < -0.3 is 10.1 Å². The Labute approximate surface area is 174 Å². The number of carbonyl (C=O) groups is 1. The van der Waals surface area contributed by atoms with Gasteiger partial charge in [0, 0.05) is 5.02 Å². The molecule has 0 saturated heterocycles. The van der Waals surface area contributed by atoms with Crippen LogP contribution in [0.4, 0.5) is 11.4 Å². The van der Waals surface area contributed by atoms with E-state index in [2.05, 4.69) is 5.32 Å². The number of amides is 1. The van der Waals surface area contributed by atoms with Gasteiger partial charge in [0.25, 0.3) is 10.0 Å². The summed E-state index contributed by atoms with van der Waals surface area (Å²) in [5.74, 6) is -0.0462. The zero-order valence-corrected chi connectivity index (χ0v) is 17.2. The Morgan fingerprint density at radius 3 is 2.38 bits per heavy atom. The van der Waals surface area contributed by atoms with E-state index in [-0.39, 0.29) is 10.6 Å². The van der Waals surface area contributed by atoms with E-state index >= 15 is 0 Å². The second-order valence-electron chi connectivity index (χ2n) is 6.05. The molecule has 0 saturated carbocycles. The van der Waals surface area contributed by atoms with E-state index in [0.717, 1.165) is 4.31 Å². The summed E-state index contributed by atoms with van der Waals surface area (Å²) in [6, 6.07) is 21.2. The van der Waals surface area contributed by atoms with E-state index in [1.807, 2.05) is 0 Å². The van der Waals surface area contributed by atoms with Gasteiger partial charge in [0.2, 0.25) is 5.91 Å². The molecule has 1 amide bonds. The summed E-state index contributed by atoms with van der Waals surface area (Å²) >= 11 is 6.05. The zero-order chi connectivity index (χ0) is 20.9. The number of nitrogens with one attached hydrogen (secondary N) is 1. The summed E-state index contributed by atoms with van der Waals surface area (Å²) in [6.45, 7) is -0.435. The molecule has 0 atom stereocenters. The minimum Gasteiger partial charge on any atom is -0.495 e. The minimum absolute atomic E-state index is 0.0741. The zero-order valence-electron chi connectivity index (χ0n) is 15.6. The second kappa shape index (κ2) is 8.98. The number of carbonyl (C=O) groups excluding carboxylic acids is 1. The number of rotatable bonds is 7. The molecule has 1 N–H and O–H groups in total. The highest BCUT2D eigenvalue weighted by Crippen LogP contribution is 2.27. The smallest absolute Gasteiger partial charge is 0.264 e. The number of sulfonamides is 1. The molecule has 0 unspecified atom stereocenters. The van der Waals surface area contributed by atoms with Gasteiger partial charge in [-0.25, -0.2) is 8.42 Å². The van der Waals surface area contributed by atoms with Crippen molar-refractivity contribution in [2.24, 2.45) is 0 Å². The van der Waals surface area contributed by atoms with Gasteiger partial charge in [0.1, 0.15) is 12.3 Å². The van der Waals surface area contributed by atoms with Crippen molar-refractivity contribution in [2.45, 2.75) is 4.90 Å². The van der Waals surface area contributed by atoms with E-state index in [1.54, 1.807) is 60.7 Å².